The lowest BCUT2D eigenvalue weighted by Gasteiger charge is -2.27. The Morgan fingerprint density at radius 1 is 1.15 bits per heavy atom. The molecule has 0 bridgehead atoms. The molecule has 0 aliphatic carbocycles. The lowest BCUT2D eigenvalue weighted by molar-refractivity contribution is 0.0906. The summed E-state index contributed by atoms with van der Waals surface area (Å²) in [5, 5.41) is 10.9. The first-order valence-corrected chi connectivity index (χ1v) is 12.4. The molecule has 5 rings (SSSR count). The molecule has 3 aromatic heterocycles. The fourth-order valence-electron chi connectivity index (χ4n) is 4.31. The highest BCUT2D eigenvalue weighted by molar-refractivity contribution is 5.89. The molecule has 208 valence electrons. The van der Waals surface area contributed by atoms with Crippen molar-refractivity contribution in [2.24, 2.45) is 0 Å². The van der Waals surface area contributed by atoms with E-state index < -0.39 is 18.8 Å². The van der Waals surface area contributed by atoms with Crippen molar-refractivity contribution in [3.63, 3.8) is 0 Å². The van der Waals surface area contributed by atoms with Crippen LogP contribution in [-0.2, 0) is 23.1 Å². The number of hydrogen-bond acceptors (Lipinski definition) is 8. The summed E-state index contributed by atoms with van der Waals surface area (Å²) in [5.74, 6) is -0.334. The summed E-state index contributed by atoms with van der Waals surface area (Å²) < 4.78 is 39.3. The number of carbonyl (C=O) groups excluding carboxylic acids is 1. The Bertz CT molecular complexity index is 1450. The molecule has 0 saturated carbocycles. The molecule has 4 aromatic rings. The number of benzene rings is 1. The first-order chi connectivity index (χ1) is 18.2. The van der Waals surface area contributed by atoms with Gasteiger partial charge in [-0.2, -0.15) is 10.1 Å². The fourth-order valence-corrected chi connectivity index (χ4v) is 4.31. The van der Waals surface area contributed by atoms with Gasteiger partial charge in [0.15, 0.2) is 5.82 Å². The van der Waals surface area contributed by atoms with Gasteiger partial charge in [0.1, 0.15) is 6.33 Å². The number of fused-ring (bicyclic) bond motifs is 1. The van der Waals surface area contributed by atoms with E-state index in [-0.39, 0.29) is 30.3 Å². The molecule has 0 unspecified atom stereocenters. The van der Waals surface area contributed by atoms with Gasteiger partial charge in [0.2, 0.25) is 6.43 Å². The first kappa shape index (κ1) is 28.4. The number of nitrogens with zero attached hydrogens (tertiary/aromatic N) is 6. The van der Waals surface area contributed by atoms with Crippen LogP contribution in [0.15, 0.2) is 41.3 Å². The SMILES string of the molecule is CC(C)(C)c1noc(C(=O)NCc2ccc(-c3ncnn4cc(N5CCOCC5)cc34)cc2CC(F)F)n1.Cl. The van der Waals surface area contributed by atoms with Gasteiger partial charge in [-0.25, -0.2) is 18.3 Å². The van der Waals surface area contributed by atoms with Crippen molar-refractivity contribution in [1.82, 2.24) is 30.1 Å². The van der Waals surface area contributed by atoms with Gasteiger partial charge in [0, 0.05) is 37.0 Å². The Balaban J connectivity index is 0.00000353. The van der Waals surface area contributed by atoms with Crippen LogP contribution < -0.4 is 10.2 Å². The average Bonchev–Trinajstić information content (AvgIpc) is 3.56. The first-order valence-electron chi connectivity index (χ1n) is 12.4. The monoisotopic (exact) mass is 561 g/mol. The van der Waals surface area contributed by atoms with Crippen molar-refractivity contribution in [1.29, 1.82) is 0 Å². The fraction of sp³-hybridized carbons (Fsp3) is 0.423. The van der Waals surface area contributed by atoms with Gasteiger partial charge >= 0.3 is 11.8 Å². The molecule has 1 aromatic carbocycles. The highest BCUT2D eigenvalue weighted by Crippen LogP contribution is 2.29. The largest absolute Gasteiger partial charge is 0.378 e. The minimum atomic E-state index is -2.56. The van der Waals surface area contributed by atoms with Crippen LogP contribution in [0.2, 0.25) is 0 Å². The predicted molar refractivity (Wildman–Crippen MR) is 143 cm³/mol. The van der Waals surface area contributed by atoms with E-state index in [0.29, 0.717) is 41.4 Å². The van der Waals surface area contributed by atoms with Crippen molar-refractivity contribution >= 4 is 29.5 Å². The lowest BCUT2D eigenvalue weighted by Crippen LogP contribution is -2.35. The van der Waals surface area contributed by atoms with E-state index in [2.05, 4.69) is 30.4 Å². The standard InChI is InChI=1S/C26H29F2N7O3.ClH/c1-26(2,3)25-32-24(38-33-25)23(36)29-13-17-5-4-16(10-18(17)11-21(27)28)22-20-12-19(14-35(20)31-15-30-22)34-6-8-37-9-7-34;/h4-5,10,12,14-15,21H,6-9,11,13H2,1-3H3,(H,29,36);1H. The second-order valence-corrected chi connectivity index (χ2v) is 10.2. The molecule has 39 heavy (non-hydrogen) atoms. The number of ether oxygens (including phenoxy) is 1. The Morgan fingerprint density at radius 2 is 1.92 bits per heavy atom. The third kappa shape index (κ3) is 6.34. The topological polar surface area (TPSA) is 111 Å². The van der Waals surface area contributed by atoms with Gasteiger partial charge in [0.25, 0.3) is 0 Å². The van der Waals surface area contributed by atoms with Crippen LogP contribution in [0.4, 0.5) is 14.5 Å². The number of anilines is 1. The Morgan fingerprint density at radius 3 is 2.62 bits per heavy atom. The number of amides is 1. The summed E-state index contributed by atoms with van der Waals surface area (Å²) in [6, 6.07) is 7.23. The summed E-state index contributed by atoms with van der Waals surface area (Å²) >= 11 is 0. The van der Waals surface area contributed by atoms with Gasteiger partial charge in [-0.1, -0.05) is 38.1 Å². The average molecular weight is 562 g/mol. The van der Waals surface area contributed by atoms with Crippen LogP contribution >= 0.6 is 12.4 Å². The second kappa shape index (κ2) is 11.6. The van der Waals surface area contributed by atoms with Crippen LogP contribution in [0, 0.1) is 0 Å². The summed E-state index contributed by atoms with van der Waals surface area (Å²) in [7, 11) is 0. The van der Waals surface area contributed by atoms with E-state index >= 15 is 0 Å². The molecule has 1 saturated heterocycles. The van der Waals surface area contributed by atoms with Crippen molar-refractivity contribution in [3.05, 3.63) is 59.6 Å². The van der Waals surface area contributed by atoms with Crippen molar-refractivity contribution in [2.45, 2.75) is 45.6 Å². The zero-order valence-corrected chi connectivity index (χ0v) is 22.7. The lowest BCUT2D eigenvalue weighted by atomic mass is 9.96. The number of halogens is 3. The van der Waals surface area contributed by atoms with E-state index in [1.807, 2.05) is 39.1 Å². The maximum absolute atomic E-state index is 13.5. The van der Waals surface area contributed by atoms with Crippen LogP contribution in [0.5, 0.6) is 0 Å². The minimum Gasteiger partial charge on any atom is -0.378 e. The van der Waals surface area contributed by atoms with E-state index in [1.54, 1.807) is 16.6 Å². The van der Waals surface area contributed by atoms with Crippen LogP contribution in [0.3, 0.4) is 0 Å². The van der Waals surface area contributed by atoms with Gasteiger partial charge in [-0.05, 0) is 23.3 Å². The smallest absolute Gasteiger partial charge is 0.315 e. The van der Waals surface area contributed by atoms with Gasteiger partial charge in [-0.15, -0.1) is 12.4 Å². The van der Waals surface area contributed by atoms with Crippen LogP contribution in [0.25, 0.3) is 16.8 Å². The Labute approximate surface area is 230 Å². The van der Waals surface area contributed by atoms with E-state index in [4.69, 9.17) is 9.26 Å². The van der Waals surface area contributed by atoms with Crippen LogP contribution in [-0.4, -0.2) is 63.4 Å². The quantitative estimate of drug-likeness (QED) is 0.359. The van der Waals surface area contributed by atoms with Gasteiger partial charge < -0.3 is 19.5 Å². The summed E-state index contributed by atoms with van der Waals surface area (Å²) in [6.45, 7) is 8.61. The zero-order chi connectivity index (χ0) is 26.9. The number of morpholine rings is 1. The highest BCUT2D eigenvalue weighted by Gasteiger charge is 2.24. The van der Waals surface area contributed by atoms with E-state index in [9.17, 15) is 13.6 Å². The van der Waals surface area contributed by atoms with Gasteiger partial charge in [0.05, 0.1) is 36.3 Å². The van der Waals surface area contributed by atoms with Crippen LogP contribution in [0.1, 0.15) is 48.4 Å². The molecular formula is C26H30ClF2N7O3. The highest BCUT2D eigenvalue weighted by atomic mass is 35.5. The maximum atomic E-state index is 13.5. The molecule has 0 radical (unpaired) electrons. The minimum absolute atomic E-state index is 0. The molecule has 0 atom stereocenters. The molecule has 1 N–H and O–H groups in total. The Kier molecular flexibility index (Phi) is 8.45. The molecule has 0 spiro atoms. The third-order valence-corrected chi connectivity index (χ3v) is 6.35. The van der Waals surface area contributed by atoms with Crippen molar-refractivity contribution in [3.8, 4) is 11.3 Å². The molecule has 13 heteroatoms. The summed E-state index contributed by atoms with van der Waals surface area (Å²) in [4.78, 5) is 23.4. The normalized spacial score (nSPS) is 14.1. The van der Waals surface area contributed by atoms with Gasteiger partial charge in [-0.3, -0.25) is 4.79 Å². The Hall–Kier alpha value is -3.64. The summed E-state index contributed by atoms with van der Waals surface area (Å²) in [5.41, 5.74) is 3.68. The molecule has 1 fully saturated rings. The molecule has 1 aliphatic rings. The molecule has 4 heterocycles. The molecule has 1 amide bonds. The zero-order valence-electron chi connectivity index (χ0n) is 21.9. The number of nitrogens with one attached hydrogen (secondary N) is 1. The third-order valence-electron chi connectivity index (χ3n) is 6.35. The number of alkyl halides is 2. The number of carbonyl (C=O) groups is 1. The maximum Gasteiger partial charge on any atom is 0.315 e. The van der Waals surface area contributed by atoms with E-state index in [1.165, 1.54) is 6.33 Å². The second-order valence-electron chi connectivity index (χ2n) is 10.2. The predicted octanol–water partition coefficient (Wildman–Crippen LogP) is 4.07. The number of rotatable bonds is 7. The number of hydrogen-bond donors (Lipinski definition) is 1. The molecule has 1 aliphatic heterocycles. The molecule has 10 nitrogen and oxygen atoms in total. The van der Waals surface area contributed by atoms with Crippen molar-refractivity contribution in [2.75, 3.05) is 31.2 Å². The summed E-state index contributed by atoms with van der Waals surface area (Å²) in [6.07, 6.45) is 0.354. The molecular weight excluding hydrogens is 532 g/mol. The number of aromatic nitrogens is 5. The van der Waals surface area contributed by atoms with Crippen molar-refractivity contribution < 1.29 is 22.8 Å². The van der Waals surface area contributed by atoms with E-state index in [0.717, 1.165) is 24.3 Å².